The number of hydrogen-bond donors (Lipinski definition) is 1. The normalized spacial score (nSPS) is 19.5. The zero-order valence-electron chi connectivity index (χ0n) is 13.4. The summed E-state index contributed by atoms with van der Waals surface area (Å²) < 4.78 is 7.98. The molecule has 23 heavy (non-hydrogen) atoms. The average Bonchev–Trinajstić information content (AvgIpc) is 3.13. The Morgan fingerprint density at radius 2 is 2.17 bits per heavy atom. The highest BCUT2D eigenvalue weighted by Gasteiger charge is 2.26. The average molecular weight is 312 g/mol. The van der Waals surface area contributed by atoms with Crippen LogP contribution in [0, 0.1) is 6.92 Å². The van der Waals surface area contributed by atoms with Gasteiger partial charge in [-0.05, 0) is 19.1 Å². The maximum atomic E-state index is 5.82. The number of H-pyrrole nitrogens is 1. The van der Waals surface area contributed by atoms with Crippen LogP contribution in [0.3, 0.4) is 0 Å². The highest BCUT2D eigenvalue weighted by Crippen LogP contribution is 2.21. The van der Waals surface area contributed by atoms with Crippen LogP contribution in [-0.2, 0) is 18.3 Å². The van der Waals surface area contributed by atoms with Crippen molar-refractivity contribution in [3.05, 3.63) is 41.7 Å². The molecule has 1 aliphatic rings. The monoisotopic (exact) mass is 312 g/mol. The summed E-state index contributed by atoms with van der Waals surface area (Å²) in [5.41, 5.74) is 2.20. The first-order valence-electron chi connectivity index (χ1n) is 7.84. The van der Waals surface area contributed by atoms with Gasteiger partial charge in [-0.25, -0.2) is 9.97 Å². The molecule has 3 aromatic rings. The first kappa shape index (κ1) is 14.3. The minimum absolute atomic E-state index is 0.0802. The number of nitrogens with one attached hydrogen (secondary N) is 1. The summed E-state index contributed by atoms with van der Waals surface area (Å²) in [6, 6.07) is 8.22. The second-order valence-electron chi connectivity index (χ2n) is 5.95. The maximum Gasteiger partial charge on any atom is 0.180 e. The topological polar surface area (TPSA) is 71.9 Å². The summed E-state index contributed by atoms with van der Waals surface area (Å²) in [4.78, 5) is 11.5. The van der Waals surface area contributed by atoms with E-state index in [2.05, 4.69) is 43.8 Å². The van der Waals surface area contributed by atoms with Crippen molar-refractivity contribution < 1.29 is 4.74 Å². The zero-order chi connectivity index (χ0) is 15.8. The molecule has 0 spiro atoms. The van der Waals surface area contributed by atoms with Gasteiger partial charge in [0.05, 0.1) is 24.2 Å². The van der Waals surface area contributed by atoms with Crippen molar-refractivity contribution in [1.82, 2.24) is 29.6 Å². The van der Waals surface area contributed by atoms with Crippen molar-refractivity contribution in [2.75, 3.05) is 19.7 Å². The lowest BCUT2D eigenvalue weighted by atomic mass is 10.2. The van der Waals surface area contributed by atoms with Crippen LogP contribution in [0.2, 0.25) is 0 Å². The van der Waals surface area contributed by atoms with Gasteiger partial charge in [-0.3, -0.25) is 10.00 Å². The molecule has 7 nitrogen and oxygen atoms in total. The molecule has 120 valence electrons. The molecular formula is C16H20N6O. The van der Waals surface area contributed by atoms with Crippen LogP contribution in [0.25, 0.3) is 11.0 Å². The summed E-state index contributed by atoms with van der Waals surface area (Å²) in [6.45, 7) is 5.05. The maximum absolute atomic E-state index is 5.82. The van der Waals surface area contributed by atoms with Gasteiger partial charge in [-0.2, -0.15) is 5.10 Å². The van der Waals surface area contributed by atoms with Crippen LogP contribution in [0.1, 0.15) is 23.6 Å². The van der Waals surface area contributed by atoms with E-state index < -0.39 is 0 Å². The molecule has 1 aliphatic heterocycles. The van der Waals surface area contributed by atoms with Gasteiger partial charge in [0.25, 0.3) is 0 Å². The lowest BCUT2D eigenvalue weighted by Gasteiger charge is -2.31. The van der Waals surface area contributed by atoms with Gasteiger partial charge in [-0.15, -0.1) is 0 Å². The van der Waals surface area contributed by atoms with E-state index in [0.29, 0.717) is 6.61 Å². The third kappa shape index (κ3) is 2.73. The highest BCUT2D eigenvalue weighted by molar-refractivity contribution is 5.75. The van der Waals surface area contributed by atoms with Gasteiger partial charge in [0.2, 0.25) is 0 Å². The van der Waals surface area contributed by atoms with E-state index in [1.54, 1.807) is 0 Å². The molecule has 1 fully saturated rings. The summed E-state index contributed by atoms with van der Waals surface area (Å²) in [5.74, 6) is 2.62. The van der Waals surface area contributed by atoms with E-state index in [1.165, 1.54) is 0 Å². The van der Waals surface area contributed by atoms with Crippen molar-refractivity contribution in [2.45, 2.75) is 19.6 Å². The van der Waals surface area contributed by atoms with Crippen LogP contribution in [0.4, 0.5) is 0 Å². The quantitative estimate of drug-likeness (QED) is 0.795. The molecule has 0 radical (unpaired) electrons. The van der Waals surface area contributed by atoms with Crippen molar-refractivity contribution in [2.24, 2.45) is 7.05 Å². The van der Waals surface area contributed by atoms with Gasteiger partial charge in [0.15, 0.2) is 5.82 Å². The van der Waals surface area contributed by atoms with E-state index in [4.69, 9.17) is 9.72 Å². The Morgan fingerprint density at radius 1 is 1.30 bits per heavy atom. The fourth-order valence-corrected chi connectivity index (χ4v) is 3.04. The van der Waals surface area contributed by atoms with E-state index in [1.807, 2.05) is 19.1 Å². The second kappa shape index (κ2) is 5.75. The Bertz CT molecular complexity index is 823. The number of aromatic nitrogens is 5. The first-order chi connectivity index (χ1) is 11.2. The molecule has 1 saturated heterocycles. The molecule has 1 aromatic carbocycles. The third-order valence-corrected chi connectivity index (χ3v) is 4.30. The predicted octanol–water partition coefficient (Wildman–Crippen LogP) is 1.57. The number of nitrogens with zero attached hydrogens (tertiary/aromatic N) is 5. The molecule has 2 aromatic heterocycles. The number of imidazole rings is 1. The number of ether oxygens (including phenoxy) is 1. The molecule has 3 heterocycles. The smallest absolute Gasteiger partial charge is 0.180 e. The predicted molar refractivity (Wildman–Crippen MR) is 85.8 cm³/mol. The van der Waals surface area contributed by atoms with Crippen LogP contribution in [-0.4, -0.2) is 49.3 Å². The Kier molecular flexibility index (Phi) is 3.59. The van der Waals surface area contributed by atoms with E-state index >= 15 is 0 Å². The van der Waals surface area contributed by atoms with Crippen molar-refractivity contribution in [3.8, 4) is 0 Å². The molecule has 4 rings (SSSR count). The van der Waals surface area contributed by atoms with Crippen LogP contribution >= 0.6 is 0 Å². The Balaban J connectivity index is 1.52. The molecule has 1 atom stereocenters. The van der Waals surface area contributed by atoms with Crippen molar-refractivity contribution in [3.63, 3.8) is 0 Å². The fourth-order valence-electron chi connectivity index (χ4n) is 3.04. The van der Waals surface area contributed by atoms with Gasteiger partial charge < -0.3 is 9.30 Å². The number of benzene rings is 1. The molecule has 0 aliphatic carbocycles. The summed E-state index contributed by atoms with van der Waals surface area (Å²) in [6.07, 6.45) is -0.0802. The van der Waals surface area contributed by atoms with Crippen LogP contribution in [0.15, 0.2) is 24.3 Å². The lowest BCUT2D eigenvalue weighted by molar-refractivity contribution is -0.0379. The standard InChI is InChI=1S/C16H20N6O/c1-11-17-16(20-19-11)14-9-22(7-8-23-14)10-15-18-12-5-3-4-6-13(12)21(15)2/h3-6,14H,7-10H2,1-2H3,(H,17,19,20)/t14-/m1/s1. The number of morpholine rings is 1. The van der Waals surface area contributed by atoms with Gasteiger partial charge in [-0.1, -0.05) is 12.1 Å². The zero-order valence-corrected chi connectivity index (χ0v) is 13.4. The van der Waals surface area contributed by atoms with Crippen molar-refractivity contribution >= 4 is 11.0 Å². The van der Waals surface area contributed by atoms with Crippen LogP contribution < -0.4 is 0 Å². The lowest BCUT2D eigenvalue weighted by Crippen LogP contribution is -2.38. The first-order valence-corrected chi connectivity index (χ1v) is 7.84. The van der Waals surface area contributed by atoms with Crippen LogP contribution in [0.5, 0.6) is 0 Å². The highest BCUT2D eigenvalue weighted by atomic mass is 16.5. The van der Waals surface area contributed by atoms with E-state index in [-0.39, 0.29) is 6.10 Å². The molecule has 0 amide bonds. The third-order valence-electron chi connectivity index (χ3n) is 4.30. The Labute approximate surface area is 134 Å². The number of para-hydroxylation sites is 2. The van der Waals surface area contributed by atoms with Gasteiger partial charge in [0.1, 0.15) is 17.8 Å². The number of rotatable bonds is 3. The number of hydrogen-bond acceptors (Lipinski definition) is 5. The Hall–Kier alpha value is -2.25. The van der Waals surface area contributed by atoms with E-state index in [0.717, 1.165) is 48.1 Å². The molecular weight excluding hydrogens is 292 g/mol. The molecule has 0 saturated carbocycles. The molecule has 0 unspecified atom stereocenters. The summed E-state index contributed by atoms with van der Waals surface area (Å²) in [7, 11) is 2.07. The minimum atomic E-state index is -0.0802. The molecule has 7 heteroatoms. The number of aryl methyl sites for hydroxylation is 2. The Morgan fingerprint density at radius 3 is 2.96 bits per heavy atom. The number of aromatic amines is 1. The van der Waals surface area contributed by atoms with Crippen molar-refractivity contribution in [1.29, 1.82) is 0 Å². The second-order valence-corrected chi connectivity index (χ2v) is 5.95. The summed E-state index contributed by atoms with van der Waals surface area (Å²) >= 11 is 0. The van der Waals surface area contributed by atoms with Gasteiger partial charge >= 0.3 is 0 Å². The summed E-state index contributed by atoms with van der Waals surface area (Å²) in [5, 5.41) is 7.11. The SMILES string of the molecule is Cc1nc([C@H]2CN(Cc3nc4ccccc4n3C)CCO2)n[nH]1. The molecule has 0 bridgehead atoms. The largest absolute Gasteiger partial charge is 0.367 e. The fraction of sp³-hybridized carbons (Fsp3) is 0.438. The number of fused-ring (bicyclic) bond motifs is 1. The minimum Gasteiger partial charge on any atom is -0.367 e. The van der Waals surface area contributed by atoms with E-state index in [9.17, 15) is 0 Å². The molecule has 1 N–H and O–H groups in total. The van der Waals surface area contributed by atoms with Gasteiger partial charge in [0, 0.05) is 20.1 Å².